The van der Waals surface area contributed by atoms with Gasteiger partial charge in [-0.1, -0.05) is 0 Å². The van der Waals surface area contributed by atoms with Crippen molar-refractivity contribution in [3.8, 4) is 0 Å². The van der Waals surface area contributed by atoms with Crippen LogP contribution in [0.3, 0.4) is 0 Å². The van der Waals surface area contributed by atoms with Crippen LogP contribution in [0.15, 0.2) is 16.9 Å². The standard InChI is InChI=1S/C6H10N4/c1-4-7-2-5-6(10-4)9-3-8-5/h2-4,6-7,10H,1H3,(H,8,9). The summed E-state index contributed by atoms with van der Waals surface area (Å²) >= 11 is 0. The topological polar surface area (TPSA) is 48.5 Å². The number of nitrogens with one attached hydrogen (secondary N) is 3. The van der Waals surface area contributed by atoms with Gasteiger partial charge in [-0.3, -0.25) is 10.3 Å². The highest BCUT2D eigenvalue weighted by molar-refractivity contribution is 5.62. The molecule has 0 aliphatic carbocycles. The summed E-state index contributed by atoms with van der Waals surface area (Å²) in [5.74, 6) is 0. The Balaban J connectivity index is 2.18. The molecule has 2 heterocycles. The van der Waals surface area contributed by atoms with Crippen LogP contribution in [0.2, 0.25) is 0 Å². The SMILES string of the molecule is CC1NC=C2NC=NC2N1. The van der Waals surface area contributed by atoms with Crippen molar-refractivity contribution in [2.75, 3.05) is 0 Å². The van der Waals surface area contributed by atoms with E-state index in [0.29, 0.717) is 6.17 Å². The molecule has 0 spiro atoms. The van der Waals surface area contributed by atoms with E-state index in [1.54, 1.807) is 6.34 Å². The lowest BCUT2D eigenvalue weighted by molar-refractivity contribution is 0.433. The zero-order valence-corrected chi connectivity index (χ0v) is 5.76. The first-order valence-electron chi connectivity index (χ1n) is 3.36. The smallest absolute Gasteiger partial charge is 0.145 e. The molecule has 0 aromatic carbocycles. The van der Waals surface area contributed by atoms with E-state index >= 15 is 0 Å². The van der Waals surface area contributed by atoms with Gasteiger partial charge < -0.3 is 10.6 Å². The summed E-state index contributed by atoms with van der Waals surface area (Å²) in [7, 11) is 0. The third-order valence-electron chi connectivity index (χ3n) is 1.65. The minimum Gasteiger partial charge on any atom is -0.374 e. The van der Waals surface area contributed by atoms with Gasteiger partial charge in [0.15, 0.2) is 0 Å². The van der Waals surface area contributed by atoms with Gasteiger partial charge in [-0.15, -0.1) is 0 Å². The molecule has 0 radical (unpaired) electrons. The molecule has 0 saturated heterocycles. The number of fused-ring (bicyclic) bond motifs is 1. The highest BCUT2D eigenvalue weighted by Gasteiger charge is 2.21. The van der Waals surface area contributed by atoms with Gasteiger partial charge in [0, 0.05) is 6.20 Å². The van der Waals surface area contributed by atoms with Gasteiger partial charge in [0.1, 0.15) is 6.17 Å². The summed E-state index contributed by atoms with van der Waals surface area (Å²) < 4.78 is 0. The molecule has 10 heavy (non-hydrogen) atoms. The Morgan fingerprint density at radius 3 is 3.40 bits per heavy atom. The molecule has 2 rings (SSSR count). The maximum atomic E-state index is 4.15. The van der Waals surface area contributed by atoms with Gasteiger partial charge in [-0.2, -0.15) is 0 Å². The Kier molecular flexibility index (Phi) is 1.14. The molecule has 0 aromatic heterocycles. The zero-order chi connectivity index (χ0) is 6.97. The Bertz CT molecular complexity index is 196. The molecule has 0 bridgehead atoms. The maximum Gasteiger partial charge on any atom is 0.145 e. The lowest BCUT2D eigenvalue weighted by atomic mass is 10.3. The molecule has 4 nitrogen and oxygen atoms in total. The van der Waals surface area contributed by atoms with Crippen molar-refractivity contribution in [2.24, 2.45) is 4.99 Å². The van der Waals surface area contributed by atoms with Crippen LogP contribution in [0.25, 0.3) is 0 Å². The van der Waals surface area contributed by atoms with Crippen LogP contribution in [0.1, 0.15) is 6.92 Å². The first-order chi connectivity index (χ1) is 4.86. The normalized spacial score (nSPS) is 35.9. The van der Waals surface area contributed by atoms with Crippen LogP contribution >= 0.6 is 0 Å². The average molecular weight is 138 g/mol. The molecular formula is C6H10N4. The van der Waals surface area contributed by atoms with E-state index in [1.165, 1.54) is 0 Å². The third-order valence-corrected chi connectivity index (χ3v) is 1.65. The van der Waals surface area contributed by atoms with Gasteiger partial charge in [0.25, 0.3) is 0 Å². The molecular weight excluding hydrogens is 128 g/mol. The zero-order valence-electron chi connectivity index (χ0n) is 5.76. The number of hydrogen-bond acceptors (Lipinski definition) is 4. The molecule has 2 aliphatic rings. The minimum absolute atomic E-state index is 0.149. The molecule has 2 unspecified atom stereocenters. The number of hydrogen-bond donors (Lipinski definition) is 3. The average Bonchev–Trinajstić information content (AvgIpc) is 2.33. The highest BCUT2D eigenvalue weighted by Crippen LogP contribution is 2.07. The van der Waals surface area contributed by atoms with Crippen LogP contribution in [0.5, 0.6) is 0 Å². The highest BCUT2D eigenvalue weighted by atomic mass is 15.3. The molecule has 0 aromatic rings. The summed E-state index contributed by atoms with van der Waals surface area (Å²) in [4.78, 5) is 4.15. The molecule has 3 N–H and O–H groups in total. The number of aliphatic imine (C=N–C) groups is 1. The van der Waals surface area contributed by atoms with E-state index < -0.39 is 0 Å². The van der Waals surface area contributed by atoms with Gasteiger partial charge in [-0.25, -0.2) is 0 Å². The van der Waals surface area contributed by atoms with Crippen molar-refractivity contribution in [1.29, 1.82) is 0 Å². The van der Waals surface area contributed by atoms with Crippen molar-refractivity contribution >= 4 is 6.34 Å². The summed E-state index contributed by atoms with van der Waals surface area (Å²) in [6, 6.07) is 0. The Labute approximate surface area is 59.4 Å². The predicted molar refractivity (Wildman–Crippen MR) is 39.2 cm³/mol. The Morgan fingerprint density at radius 1 is 1.60 bits per heavy atom. The second-order valence-corrected chi connectivity index (χ2v) is 2.48. The second kappa shape index (κ2) is 1.98. The van der Waals surface area contributed by atoms with E-state index in [0.717, 1.165) is 5.70 Å². The van der Waals surface area contributed by atoms with Gasteiger partial charge in [0.05, 0.1) is 18.2 Å². The third kappa shape index (κ3) is 0.769. The summed E-state index contributed by atoms with van der Waals surface area (Å²) in [6.07, 6.45) is 4.13. The monoisotopic (exact) mass is 138 g/mol. The number of nitrogens with zero attached hydrogens (tertiary/aromatic N) is 1. The van der Waals surface area contributed by atoms with Crippen molar-refractivity contribution in [2.45, 2.75) is 19.3 Å². The van der Waals surface area contributed by atoms with Crippen LogP contribution in [0, 0.1) is 0 Å². The summed E-state index contributed by atoms with van der Waals surface area (Å²) in [5.41, 5.74) is 1.10. The number of rotatable bonds is 0. The van der Waals surface area contributed by atoms with Crippen LogP contribution in [-0.4, -0.2) is 18.7 Å². The van der Waals surface area contributed by atoms with E-state index in [2.05, 4.69) is 27.9 Å². The van der Waals surface area contributed by atoms with E-state index in [4.69, 9.17) is 0 Å². The Morgan fingerprint density at radius 2 is 2.50 bits per heavy atom. The van der Waals surface area contributed by atoms with Crippen molar-refractivity contribution < 1.29 is 0 Å². The van der Waals surface area contributed by atoms with E-state index in [1.807, 2.05) is 6.20 Å². The van der Waals surface area contributed by atoms with Gasteiger partial charge >= 0.3 is 0 Å². The summed E-state index contributed by atoms with van der Waals surface area (Å²) in [6.45, 7) is 2.06. The minimum atomic E-state index is 0.149. The fraction of sp³-hybridized carbons (Fsp3) is 0.500. The first kappa shape index (κ1) is 5.73. The van der Waals surface area contributed by atoms with Crippen LogP contribution in [-0.2, 0) is 0 Å². The van der Waals surface area contributed by atoms with Crippen molar-refractivity contribution in [3.63, 3.8) is 0 Å². The van der Waals surface area contributed by atoms with Gasteiger partial charge in [-0.05, 0) is 6.92 Å². The fourth-order valence-electron chi connectivity index (χ4n) is 1.10. The predicted octanol–water partition coefficient (Wildman–Crippen LogP) is -0.676. The molecule has 2 atom stereocenters. The van der Waals surface area contributed by atoms with E-state index in [9.17, 15) is 0 Å². The fourth-order valence-corrected chi connectivity index (χ4v) is 1.10. The van der Waals surface area contributed by atoms with Crippen molar-refractivity contribution in [1.82, 2.24) is 16.0 Å². The van der Waals surface area contributed by atoms with Crippen LogP contribution in [0.4, 0.5) is 0 Å². The quantitative estimate of drug-likeness (QED) is 0.416. The lowest BCUT2D eigenvalue weighted by Crippen LogP contribution is -2.48. The van der Waals surface area contributed by atoms with Crippen molar-refractivity contribution in [3.05, 3.63) is 11.9 Å². The maximum absolute atomic E-state index is 4.15. The first-order valence-corrected chi connectivity index (χ1v) is 3.36. The summed E-state index contributed by atoms with van der Waals surface area (Å²) in [5, 5.41) is 9.40. The van der Waals surface area contributed by atoms with E-state index in [-0.39, 0.29) is 6.17 Å². The van der Waals surface area contributed by atoms with Gasteiger partial charge in [0.2, 0.25) is 0 Å². The Hall–Kier alpha value is -1.03. The molecule has 4 heteroatoms. The second-order valence-electron chi connectivity index (χ2n) is 2.48. The molecule has 0 fully saturated rings. The van der Waals surface area contributed by atoms with Crippen LogP contribution < -0.4 is 16.0 Å². The molecule has 54 valence electrons. The molecule has 2 aliphatic heterocycles. The lowest BCUT2D eigenvalue weighted by Gasteiger charge is -2.24. The molecule has 0 saturated carbocycles. The molecule has 0 amide bonds. The largest absolute Gasteiger partial charge is 0.374 e.